The number of likely N-dealkylation sites (N-methyl/N-ethyl adjacent to an activating group) is 2. The van der Waals surface area contributed by atoms with E-state index in [2.05, 4.69) is 32.0 Å². The Balaban J connectivity index is 1.53. The third kappa shape index (κ3) is 10.3. The van der Waals surface area contributed by atoms with Crippen LogP contribution in [0.15, 0.2) is 0 Å². The molecule has 17 heteroatoms. The molecule has 0 aromatic carbocycles. The smallest absolute Gasteiger partial charge is 0.246 e. The predicted molar refractivity (Wildman–Crippen MR) is 175 cm³/mol. The molecule has 3 fully saturated rings. The molecule has 3 rings (SSSR count). The molecule has 0 radical (unpaired) electrons. The van der Waals surface area contributed by atoms with E-state index in [9.17, 15) is 33.6 Å². The summed E-state index contributed by atoms with van der Waals surface area (Å²) < 4.78 is 0. The van der Waals surface area contributed by atoms with Crippen molar-refractivity contribution in [2.75, 3.05) is 53.5 Å². The molecule has 2 saturated heterocycles. The average Bonchev–Trinajstić information content (AvgIpc) is 3.69. The second-order valence-electron chi connectivity index (χ2n) is 14.1. The highest BCUT2D eigenvalue weighted by molar-refractivity contribution is 5.93. The molecule has 48 heavy (non-hydrogen) atoms. The zero-order valence-corrected chi connectivity index (χ0v) is 29.0. The van der Waals surface area contributed by atoms with Crippen LogP contribution in [0.3, 0.4) is 0 Å². The standard InChI is InChI=1S/C31H54N10O7/c1-18(34-6)27(45)35-15-24(43)39-10-11-40(17-39)38-29(47)20-9-7-8-19(12-20)28(46)36-21-13-22(26(32)44)41(16-21)30(48)25(31(2,3)4)37-23(42)14-33-5/h18-22,25,33-34H,7-17H2,1-6H3,(H2,32,44)(H,35,45)(H,36,46)(H,37,42)(H,38,47). The fourth-order valence-corrected chi connectivity index (χ4v) is 6.32. The SMILES string of the molecule is CNCC(=O)NC(C(=O)N1CC(NC(=O)C2CCCC(C(=O)NN3CCN(C(=O)CNC(=O)C(C)NC)C3)C2)CC1C(N)=O)C(C)(C)C. The molecule has 3 aliphatic rings. The van der Waals surface area contributed by atoms with Gasteiger partial charge in [-0.3, -0.25) is 39.0 Å². The molecule has 7 amide bonds. The van der Waals surface area contributed by atoms with Crippen molar-refractivity contribution in [3.8, 4) is 0 Å². The zero-order chi connectivity index (χ0) is 35.8. The molecule has 17 nitrogen and oxygen atoms in total. The summed E-state index contributed by atoms with van der Waals surface area (Å²) >= 11 is 0. The van der Waals surface area contributed by atoms with E-state index < -0.39 is 53.2 Å². The van der Waals surface area contributed by atoms with Crippen LogP contribution in [0.2, 0.25) is 0 Å². The molecule has 6 atom stereocenters. The number of nitrogens with two attached hydrogens (primary N) is 1. The van der Waals surface area contributed by atoms with Crippen LogP contribution in [0.25, 0.3) is 0 Å². The number of nitrogens with one attached hydrogen (secondary N) is 6. The van der Waals surface area contributed by atoms with Crippen molar-refractivity contribution < 1.29 is 33.6 Å². The first-order valence-electron chi connectivity index (χ1n) is 16.7. The van der Waals surface area contributed by atoms with Gasteiger partial charge in [0.1, 0.15) is 12.1 Å². The Morgan fingerprint density at radius 3 is 2.19 bits per heavy atom. The molecule has 270 valence electrons. The maximum absolute atomic E-state index is 13.7. The van der Waals surface area contributed by atoms with E-state index in [1.807, 2.05) is 20.8 Å². The van der Waals surface area contributed by atoms with Crippen molar-refractivity contribution >= 4 is 41.4 Å². The number of nitrogens with zero attached hydrogens (tertiary/aromatic N) is 3. The molecule has 1 aliphatic carbocycles. The lowest BCUT2D eigenvalue weighted by Crippen LogP contribution is -2.58. The van der Waals surface area contributed by atoms with E-state index in [4.69, 9.17) is 5.73 Å². The topological polar surface area (TPSA) is 227 Å². The first kappa shape index (κ1) is 38.6. The van der Waals surface area contributed by atoms with E-state index in [0.717, 1.165) is 0 Å². The Morgan fingerprint density at radius 2 is 1.58 bits per heavy atom. The molecule has 0 bridgehead atoms. The first-order valence-corrected chi connectivity index (χ1v) is 16.7. The Kier molecular flexibility index (Phi) is 13.7. The van der Waals surface area contributed by atoms with Gasteiger partial charge in [-0.25, -0.2) is 0 Å². The average molecular weight is 679 g/mol. The van der Waals surface area contributed by atoms with Crippen LogP contribution in [-0.4, -0.2) is 134 Å². The number of carbonyl (C=O) groups excluding carboxylic acids is 7. The summed E-state index contributed by atoms with van der Waals surface area (Å²) in [5.74, 6) is -3.36. The van der Waals surface area contributed by atoms with Gasteiger partial charge in [-0.2, -0.15) is 5.01 Å². The number of rotatable bonds is 13. The summed E-state index contributed by atoms with van der Waals surface area (Å²) in [5, 5.41) is 15.6. The van der Waals surface area contributed by atoms with Gasteiger partial charge in [0.25, 0.3) is 0 Å². The third-order valence-electron chi connectivity index (χ3n) is 9.27. The minimum atomic E-state index is -0.946. The summed E-state index contributed by atoms with van der Waals surface area (Å²) in [5.41, 5.74) is 7.90. The summed E-state index contributed by atoms with van der Waals surface area (Å²) in [6.07, 6.45) is 2.36. The number of likely N-dealkylation sites (tertiary alicyclic amines) is 1. The molecule has 2 heterocycles. The Labute approximate surface area is 282 Å². The largest absolute Gasteiger partial charge is 0.368 e. The van der Waals surface area contributed by atoms with Crippen molar-refractivity contribution in [1.29, 1.82) is 0 Å². The van der Waals surface area contributed by atoms with E-state index in [1.54, 1.807) is 30.9 Å². The molecular weight excluding hydrogens is 624 g/mol. The number of carbonyl (C=O) groups is 7. The van der Waals surface area contributed by atoms with Crippen LogP contribution < -0.4 is 37.7 Å². The quantitative estimate of drug-likeness (QED) is 0.104. The predicted octanol–water partition coefficient (Wildman–Crippen LogP) is -3.03. The highest BCUT2D eigenvalue weighted by Gasteiger charge is 2.45. The Morgan fingerprint density at radius 1 is 0.917 bits per heavy atom. The van der Waals surface area contributed by atoms with E-state index in [1.165, 1.54) is 4.90 Å². The normalized spacial score (nSPS) is 24.4. The first-order chi connectivity index (χ1) is 22.5. The maximum Gasteiger partial charge on any atom is 0.246 e. The van der Waals surface area contributed by atoms with E-state index in [-0.39, 0.29) is 62.3 Å². The van der Waals surface area contributed by atoms with Gasteiger partial charge in [-0.05, 0) is 52.1 Å². The van der Waals surface area contributed by atoms with Crippen LogP contribution in [0, 0.1) is 17.3 Å². The highest BCUT2D eigenvalue weighted by atomic mass is 16.2. The van der Waals surface area contributed by atoms with Crippen LogP contribution in [0.1, 0.15) is 59.8 Å². The van der Waals surface area contributed by atoms with Crippen molar-refractivity contribution in [3.05, 3.63) is 0 Å². The summed E-state index contributed by atoms with van der Waals surface area (Å²) in [4.78, 5) is 92.4. The summed E-state index contributed by atoms with van der Waals surface area (Å²) in [6.45, 7) is 8.10. The molecular formula is C31H54N10O7. The van der Waals surface area contributed by atoms with Gasteiger partial charge >= 0.3 is 0 Å². The van der Waals surface area contributed by atoms with Crippen LogP contribution in [0.4, 0.5) is 0 Å². The lowest BCUT2D eigenvalue weighted by Gasteiger charge is -2.35. The molecule has 0 spiro atoms. The Hall–Kier alpha value is -3.83. The molecule has 0 aromatic heterocycles. The van der Waals surface area contributed by atoms with E-state index in [0.29, 0.717) is 38.8 Å². The second-order valence-corrected chi connectivity index (χ2v) is 14.1. The minimum absolute atomic E-state index is 0.0200. The summed E-state index contributed by atoms with van der Waals surface area (Å²) in [7, 11) is 3.27. The number of amides is 7. The summed E-state index contributed by atoms with van der Waals surface area (Å²) in [6, 6.07) is -2.81. The van der Waals surface area contributed by atoms with Gasteiger partial charge in [0.05, 0.1) is 25.8 Å². The van der Waals surface area contributed by atoms with Gasteiger partial charge in [-0.1, -0.05) is 27.2 Å². The number of hydrogen-bond acceptors (Lipinski definition) is 10. The monoisotopic (exact) mass is 678 g/mol. The maximum atomic E-state index is 13.7. The van der Waals surface area contributed by atoms with Crippen molar-refractivity contribution in [1.82, 2.24) is 46.8 Å². The van der Waals surface area contributed by atoms with Gasteiger partial charge in [-0.15, -0.1) is 0 Å². The Bertz CT molecular complexity index is 1220. The zero-order valence-electron chi connectivity index (χ0n) is 29.0. The van der Waals surface area contributed by atoms with Crippen LogP contribution >= 0.6 is 0 Å². The molecule has 1 saturated carbocycles. The van der Waals surface area contributed by atoms with Gasteiger partial charge in [0, 0.05) is 37.5 Å². The fraction of sp³-hybridized carbons (Fsp3) is 0.774. The lowest BCUT2D eigenvalue weighted by atomic mass is 9.80. The van der Waals surface area contributed by atoms with E-state index >= 15 is 0 Å². The number of primary amides is 1. The minimum Gasteiger partial charge on any atom is -0.368 e. The molecule has 6 unspecified atom stereocenters. The number of hydrazine groups is 1. The highest BCUT2D eigenvalue weighted by Crippen LogP contribution is 2.31. The second kappa shape index (κ2) is 17.0. The van der Waals surface area contributed by atoms with Crippen LogP contribution in [-0.2, 0) is 33.6 Å². The van der Waals surface area contributed by atoms with Gasteiger partial charge < -0.3 is 42.1 Å². The van der Waals surface area contributed by atoms with Crippen molar-refractivity contribution in [2.24, 2.45) is 23.0 Å². The third-order valence-corrected chi connectivity index (χ3v) is 9.27. The lowest BCUT2D eigenvalue weighted by molar-refractivity contribution is -0.143. The van der Waals surface area contributed by atoms with Crippen LogP contribution in [0.5, 0.6) is 0 Å². The van der Waals surface area contributed by atoms with Crippen molar-refractivity contribution in [3.63, 3.8) is 0 Å². The van der Waals surface area contributed by atoms with Crippen molar-refractivity contribution in [2.45, 2.75) is 84.0 Å². The van der Waals surface area contributed by atoms with Gasteiger partial charge in [0.15, 0.2) is 0 Å². The molecule has 0 aromatic rings. The fourth-order valence-electron chi connectivity index (χ4n) is 6.32. The number of hydrogen-bond donors (Lipinski definition) is 7. The van der Waals surface area contributed by atoms with Gasteiger partial charge in [0.2, 0.25) is 41.4 Å². The molecule has 8 N–H and O–H groups in total. The molecule has 2 aliphatic heterocycles.